The van der Waals surface area contributed by atoms with Crippen molar-refractivity contribution in [3.05, 3.63) is 46.0 Å². The number of para-hydroxylation sites is 2. The standard InChI is InChI=1S/C11H9N3O2S/c1-12-9-10(15)14-17-11(9)13-7-5-3-4-6-8(7)16-2/h3-6,13H,2H3,(H,14,15). The topological polar surface area (TPSA) is 58.5 Å². The fourth-order valence-corrected chi connectivity index (χ4v) is 2.04. The molecule has 1 heterocycles. The van der Waals surface area contributed by atoms with E-state index >= 15 is 0 Å². The first kappa shape index (κ1) is 11.2. The maximum atomic E-state index is 11.3. The van der Waals surface area contributed by atoms with Crippen molar-refractivity contribution in [3.8, 4) is 5.75 Å². The number of nitrogens with zero attached hydrogens (tertiary/aromatic N) is 1. The van der Waals surface area contributed by atoms with E-state index in [1.165, 1.54) is 0 Å². The number of rotatable bonds is 3. The molecule has 17 heavy (non-hydrogen) atoms. The fourth-order valence-electron chi connectivity index (χ4n) is 1.35. The van der Waals surface area contributed by atoms with Crippen molar-refractivity contribution in [2.75, 3.05) is 12.4 Å². The van der Waals surface area contributed by atoms with Crippen molar-refractivity contribution in [3.63, 3.8) is 0 Å². The second-order valence-corrected chi connectivity index (χ2v) is 3.96. The molecule has 0 spiro atoms. The van der Waals surface area contributed by atoms with Gasteiger partial charge in [-0.1, -0.05) is 23.7 Å². The Kier molecular flexibility index (Phi) is 3.12. The molecule has 0 amide bonds. The molecule has 1 aromatic carbocycles. The molecular formula is C11H9N3O2S. The van der Waals surface area contributed by atoms with Gasteiger partial charge >= 0.3 is 0 Å². The predicted molar refractivity (Wildman–Crippen MR) is 67.5 cm³/mol. The number of nitrogens with one attached hydrogen (secondary N) is 2. The highest BCUT2D eigenvalue weighted by Gasteiger charge is 2.11. The van der Waals surface area contributed by atoms with E-state index in [0.29, 0.717) is 10.8 Å². The zero-order valence-electron chi connectivity index (χ0n) is 8.98. The van der Waals surface area contributed by atoms with Crippen LogP contribution in [0.5, 0.6) is 5.75 Å². The maximum absolute atomic E-state index is 11.3. The highest BCUT2D eigenvalue weighted by molar-refractivity contribution is 7.11. The van der Waals surface area contributed by atoms with E-state index in [2.05, 4.69) is 14.5 Å². The number of hydrogen-bond donors (Lipinski definition) is 2. The van der Waals surface area contributed by atoms with E-state index in [4.69, 9.17) is 11.3 Å². The molecule has 0 bridgehead atoms. The zero-order valence-corrected chi connectivity index (χ0v) is 9.80. The molecule has 2 aromatic rings. The average Bonchev–Trinajstić information content (AvgIpc) is 2.70. The van der Waals surface area contributed by atoms with Gasteiger partial charge in [-0.05, 0) is 12.1 Å². The Labute approximate surface area is 102 Å². The molecule has 0 saturated heterocycles. The molecular weight excluding hydrogens is 238 g/mol. The van der Waals surface area contributed by atoms with Crippen LogP contribution in [-0.4, -0.2) is 11.5 Å². The van der Waals surface area contributed by atoms with Crippen LogP contribution in [0.2, 0.25) is 0 Å². The lowest BCUT2D eigenvalue weighted by molar-refractivity contribution is 0.417. The largest absolute Gasteiger partial charge is 0.495 e. The Bertz CT molecular complexity index is 624. The van der Waals surface area contributed by atoms with Gasteiger partial charge in [-0.2, -0.15) is 0 Å². The van der Waals surface area contributed by atoms with Gasteiger partial charge in [-0.15, -0.1) is 0 Å². The molecule has 0 unspecified atom stereocenters. The number of aromatic nitrogens is 1. The molecule has 2 N–H and O–H groups in total. The SMILES string of the molecule is [C-]#[N+]c1c(Nc2ccccc2OC)s[nH]c1=O. The molecule has 5 nitrogen and oxygen atoms in total. The maximum Gasteiger partial charge on any atom is 0.285 e. The molecule has 0 atom stereocenters. The van der Waals surface area contributed by atoms with Crippen LogP contribution in [-0.2, 0) is 0 Å². The van der Waals surface area contributed by atoms with Crippen molar-refractivity contribution in [2.45, 2.75) is 0 Å². The molecule has 0 saturated carbocycles. The van der Waals surface area contributed by atoms with Gasteiger partial charge in [0.1, 0.15) is 10.8 Å². The second-order valence-electron chi connectivity index (χ2n) is 3.15. The summed E-state index contributed by atoms with van der Waals surface area (Å²) in [5, 5.41) is 3.51. The highest BCUT2D eigenvalue weighted by Crippen LogP contribution is 2.32. The van der Waals surface area contributed by atoms with Crippen LogP contribution in [0, 0.1) is 6.57 Å². The molecule has 0 aliphatic heterocycles. The quantitative estimate of drug-likeness (QED) is 0.820. The van der Waals surface area contributed by atoms with Gasteiger partial charge in [0.25, 0.3) is 11.2 Å². The summed E-state index contributed by atoms with van der Waals surface area (Å²) < 4.78 is 7.69. The first-order valence-corrected chi connectivity index (χ1v) is 5.57. The number of aromatic amines is 1. The van der Waals surface area contributed by atoms with Crippen LogP contribution >= 0.6 is 11.5 Å². The van der Waals surface area contributed by atoms with Gasteiger partial charge in [-0.3, -0.25) is 9.17 Å². The number of H-pyrrole nitrogens is 1. The zero-order chi connectivity index (χ0) is 12.3. The van der Waals surface area contributed by atoms with Crippen LogP contribution in [0.1, 0.15) is 0 Å². The van der Waals surface area contributed by atoms with Gasteiger partial charge in [0.05, 0.1) is 19.4 Å². The van der Waals surface area contributed by atoms with Crippen molar-refractivity contribution in [1.82, 2.24) is 4.37 Å². The van der Waals surface area contributed by atoms with Crippen LogP contribution < -0.4 is 15.6 Å². The summed E-state index contributed by atoms with van der Waals surface area (Å²) in [6.45, 7) is 6.95. The molecule has 0 fully saturated rings. The molecule has 0 aliphatic carbocycles. The van der Waals surface area contributed by atoms with Crippen molar-refractivity contribution in [1.29, 1.82) is 0 Å². The van der Waals surface area contributed by atoms with Crippen LogP contribution in [0.15, 0.2) is 29.1 Å². The molecule has 1 aromatic heterocycles. The monoisotopic (exact) mass is 247 g/mol. The summed E-state index contributed by atoms with van der Waals surface area (Å²) in [5.41, 5.74) is 0.415. The number of hydrogen-bond acceptors (Lipinski definition) is 4. The number of benzene rings is 1. The normalized spacial score (nSPS) is 9.65. The number of methoxy groups -OCH3 is 1. The van der Waals surface area contributed by atoms with E-state index in [1.54, 1.807) is 13.2 Å². The summed E-state index contributed by atoms with van der Waals surface area (Å²) >= 11 is 1.10. The Hall–Kier alpha value is -2.26. The third-order valence-corrected chi connectivity index (χ3v) is 2.93. The minimum absolute atomic E-state index is 0.0703. The van der Waals surface area contributed by atoms with Crippen molar-refractivity contribution < 1.29 is 4.74 Å². The van der Waals surface area contributed by atoms with Gasteiger partial charge in [0.15, 0.2) is 0 Å². The Balaban J connectivity index is 2.39. The van der Waals surface area contributed by atoms with E-state index in [-0.39, 0.29) is 11.2 Å². The van der Waals surface area contributed by atoms with Crippen LogP contribution in [0.25, 0.3) is 4.85 Å². The predicted octanol–water partition coefficient (Wildman–Crippen LogP) is 2.74. The minimum Gasteiger partial charge on any atom is -0.495 e. The van der Waals surface area contributed by atoms with E-state index < -0.39 is 0 Å². The van der Waals surface area contributed by atoms with Gasteiger partial charge in [0.2, 0.25) is 0 Å². The van der Waals surface area contributed by atoms with Crippen LogP contribution in [0.4, 0.5) is 16.4 Å². The van der Waals surface area contributed by atoms with Gasteiger partial charge in [0, 0.05) is 0 Å². The molecule has 0 radical (unpaired) electrons. The molecule has 6 heteroatoms. The van der Waals surface area contributed by atoms with Gasteiger partial charge in [-0.25, -0.2) is 4.85 Å². The summed E-state index contributed by atoms with van der Waals surface area (Å²) in [7, 11) is 1.57. The Morgan fingerprint density at radius 3 is 2.94 bits per heavy atom. The molecule has 2 rings (SSSR count). The van der Waals surface area contributed by atoms with E-state index in [1.807, 2.05) is 18.2 Å². The smallest absolute Gasteiger partial charge is 0.285 e. The Morgan fingerprint density at radius 1 is 1.47 bits per heavy atom. The first-order chi connectivity index (χ1) is 8.26. The number of anilines is 2. The average molecular weight is 247 g/mol. The molecule has 86 valence electrons. The second kappa shape index (κ2) is 4.72. The number of ether oxygens (including phenoxy) is 1. The lowest BCUT2D eigenvalue weighted by Crippen LogP contribution is -1.96. The lowest BCUT2D eigenvalue weighted by atomic mass is 10.3. The fraction of sp³-hybridized carbons (Fsp3) is 0.0909. The summed E-state index contributed by atoms with van der Waals surface area (Å²) in [5.74, 6) is 0.657. The molecule has 0 aliphatic rings. The third kappa shape index (κ3) is 2.14. The van der Waals surface area contributed by atoms with E-state index in [9.17, 15) is 4.79 Å². The van der Waals surface area contributed by atoms with Crippen LogP contribution in [0.3, 0.4) is 0 Å². The highest BCUT2D eigenvalue weighted by atomic mass is 32.1. The summed E-state index contributed by atoms with van der Waals surface area (Å²) in [6, 6.07) is 7.31. The van der Waals surface area contributed by atoms with E-state index in [0.717, 1.165) is 17.2 Å². The minimum atomic E-state index is -0.373. The Morgan fingerprint density at radius 2 is 2.24 bits per heavy atom. The first-order valence-electron chi connectivity index (χ1n) is 4.75. The van der Waals surface area contributed by atoms with Gasteiger partial charge < -0.3 is 10.1 Å². The summed E-state index contributed by atoms with van der Waals surface area (Å²) in [6.07, 6.45) is 0. The third-order valence-electron chi connectivity index (χ3n) is 2.14. The van der Waals surface area contributed by atoms with Crippen molar-refractivity contribution >= 4 is 27.9 Å². The summed E-state index contributed by atoms with van der Waals surface area (Å²) in [4.78, 5) is 14.5. The lowest BCUT2D eigenvalue weighted by Gasteiger charge is -2.08. The van der Waals surface area contributed by atoms with Crippen molar-refractivity contribution in [2.24, 2.45) is 0 Å².